The molecule has 0 bridgehead atoms. The molecule has 0 saturated carbocycles. The number of carbonyl (C=O) groups is 2. The van der Waals surface area contributed by atoms with Gasteiger partial charge in [0.05, 0.1) is 6.42 Å². The fourth-order valence-electron chi connectivity index (χ4n) is 2.53. The van der Waals surface area contributed by atoms with Crippen LogP contribution in [0.5, 0.6) is 0 Å². The largest absolute Gasteiger partial charge is 0.274 e. The molecule has 0 spiro atoms. The Morgan fingerprint density at radius 2 is 1.85 bits per heavy atom. The molecular weight excluding hydrogens is 252 g/mol. The van der Waals surface area contributed by atoms with Gasteiger partial charge >= 0.3 is 0 Å². The highest BCUT2D eigenvalue weighted by Gasteiger charge is 2.32. The van der Waals surface area contributed by atoms with Gasteiger partial charge in [0.1, 0.15) is 5.82 Å². The van der Waals surface area contributed by atoms with Crippen molar-refractivity contribution in [2.45, 2.75) is 20.3 Å². The first-order valence-corrected chi connectivity index (χ1v) is 6.47. The van der Waals surface area contributed by atoms with Gasteiger partial charge in [0.25, 0.3) is 5.91 Å². The maximum Gasteiger partial charge on any atom is 0.266 e. The molecule has 0 saturated heterocycles. The first-order chi connectivity index (χ1) is 9.56. The Morgan fingerprint density at radius 3 is 2.60 bits per heavy atom. The van der Waals surface area contributed by atoms with E-state index in [9.17, 15) is 9.59 Å². The Hall–Kier alpha value is -2.49. The zero-order chi connectivity index (χ0) is 14.3. The van der Waals surface area contributed by atoms with Gasteiger partial charge in [0, 0.05) is 11.3 Å². The van der Waals surface area contributed by atoms with Crippen molar-refractivity contribution < 1.29 is 9.59 Å². The molecule has 2 heterocycles. The van der Waals surface area contributed by atoms with Crippen LogP contribution in [0.25, 0.3) is 0 Å². The van der Waals surface area contributed by atoms with Gasteiger partial charge < -0.3 is 0 Å². The topological polar surface area (TPSA) is 50.3 Å². The summed E-state index contributed by atoms with van der Waals surface area (Å²) in [6, 6.07) is 10.9. The van der Waals surface area contributed by atoms with Crippen molar-refractivity contribution in [2.75, 3.05) is 4.90 Å². The quantitative estimate of drug-likeness (QED) is 0.745. The van der Waals surface area contributed by atoms with E-state index in [4.69, 9.17) is 0 Å². The minimum Gasteiger partial charge on any atom is -0.274 e. The molecule has 3 rings (SSSR count). The van der Waals surface area contributed by atoms with Gasteiger partial charge in [-0.25, -0.2) is 9.88 Å². The lowest BCUT2D eigenvalue weighted by Gasteiger charge is -2.26. The van der Waals surface area contributed by atoms with E-state index < -0.39 is 0 Å². The molecule has 0 unspecified atom stereocenters. The van der Waals surface area contributed by atoms with Gasteiger partial charge in [-0.3, -0.25) is 9.59 Å². The summed E-state index contributed by atoms with van der Waals surface area (Å²) in [5.41, 5.74) is 3.13. The van der Waals surface area contributed by atoms with E-state index in [1.54, 1.807) is 18.2 Å². The summed E-state index contributed by atoms with van der Waals surface area (Å²) in [6.07, 6.45) is 0.233. The van der Waals surface area contributed by atoms with Crippen LogP contribution >= 0.6 is 0 Å². The van der Waals surface area contributed by atoms with E-state index in [0.29, 0.717) is 11.4 Å². The summed E-state index contributed by atoms with van der Waals surface area (Å²) in [5.74, 6) is -0.118. The minimum atomic E-state index is -0.297. The van der Waals surface area contributed by atoms with Crippen molar-refractivity contribution in [3.05, 3.63) is 58.8 Å². The van der Waals surface area contributed by atoms with Crippen LogP contribution in [0.3, 0.4) is 0 Å². The number of aromatic nitrogens is 1. The van der Waals surface area contributed by atoms with Crippen LogP contribution < -0.4 is 4.90 Å². The van der Waals surface area contributed by atoms with E-state index in [-0.39, 0.29) is 18.2 Å². The van der Waals surface area contributed by atoms with E-state index in [0.717, 1.165) is 16.8 Å². The molecule has 20 heavy (non-hydrogen) atoms. The number of carbonyl (C=O) groups excluding carboxylic acids is 2. The molecule has 2 aromatic rings. The van der Waals surface area contributed by atoms with Crippen LogP contribution in [0, 0.1) is 13.8 Å². The second kappa shape index (κ2) is 4.56. The predicted molar refractivity (Wildman–Crippen MR) is 75.7 cm³/mol. The van der Waals surface area contributed by atoms with Crippen molar-refractivity contribution in [1.29, 1.82) is 0 Å². The van der Waals surface area contributed by atoms with Gasteiger partial charge in [-0.2, -0.15) is 0 Å². The molecular formula is C16H14N2O2. The molecule has 1 aliphatic heterocycles. The first-order valence-electron chi connectivity index (χ1n) is 6.47. The third-order valence-corrected chi connectivity index (χ3v) is 3.36. The van der Waals surface area contributed by atoms with Crippen molar-refractivity contribution in [3.8, 4) is 0 Å². The van der Waals surface area contributed by atoms with Crippen LogP contribution in [0.4, 0.5) is 5.82 Å². The second-order valence-corrected chi connectivity index (χ2v) is 5.01. The highest BCUT2D eigenvalue weighted by molar-refractivity contribution is 6.24. The van der Waals surface area contributed by atoms with E-state index in [1.807, 2.05) is 32.0 Å². The zero-order valence-corrected chi connectivity index (χ0v) is 11.4. The molecule has 2 amide bonds. The van der Waals surface area contributed by atoms with E-state index in [2.05, 4.69) is 4.98 Å². The summed E-state index contributed by atoms with van der Waals surface area (Å²) in [4.78, 5) is 30.3. The Morgan fingerprint density at radius 1 is 1.10 bits per heavy atom. The second-order valence-electron chi connectivity index (χ2n) is 5.01. The number of rotatable bonds is 1. The summed E-state index contributed by atoms with van der Waals surface area (Å²) in [5, 5.41) is 0. The lowest BCUT2D eigenvalue weighted by Crippen LogP contribution is -2.43. The molecule has 4 heteroatoms. The number of aryl methyl sites for hydroxylation is 2. The average molecular weight is 266 g/mol. The first kappa shape index (κ1) is 12.5. The molecule has 0 fully saturated rings. The molecule has 1 aliphatic rings. The van der Waals surface area contributed by atoms with Gasteiger partial charge in [-0.05, 0) is 43.2 Å². The van der Waals surface area contributed by atoms with Crippen LogP contribution in [0.2, 0.25) is 0 Å². The third-order valence-electron chi connectivity index (χ3n) is 3.36. The summed E-state index contributed by atoms with van der Waals surface area (Å²) in [7, 11) is 0. The number of amides is 2. The Balaban J connectivity index is 2.11. The Labute approximate surface area is 117 Å². The molecule has 4 nitrogen and oxygen atoms in total. The van der Waals surface area contributed by atoms with Gasteiger partial charge in [0.2, 0.25) is 5.91 Å². The van der Waals surface area contributed by atoms with Gasteiger partial charge in [0.15, 0.2) is 0 Å². The number of hydrogen-bond acceptors (Lipinski definition) is 3. The van der Waals surface area contributed by atoms with Crippen molar-refractivity contribution in [3.63, 3.8) is 0 Å². The molecule has 0 radical (unpaired) electrons. The average Bonchev–Trinajstić information content (AvgIpc) is 2.37. The lowest BCUT2D eigenvalue weighted by molar-refractivity contribution is -0.117. The predicted octanol–water partition coefficient (Wildman–Crippen LogP) is 2.43. The van der Waals surface area contributed by atoms with Crippen LogP contribution in [0.15, 0.2) is 36.4 Å². The van der Waals surface area contributed by atoms with Crippen LogP contribution in [-0.4, -0.2) is 16.8 Å². The lowest BCUT2D eigenvalue weighted by atomic mass is 9.98. The fourth-order valence-corrected chi connectivity index (χ4v) is 2.53. The van der Waals surface area contributed by atoms with Crippen molar-refractivity contribution in [1.82, 2.24) is 4.98 Å². The maximum atomic E-state index is 12.5. The summed E-state index contributed by atoms with van der Waals surface area (Å²) in [6.45, 7) is 3.77. The highest BCUT2D eigenvalue weighted by Crippen LogP contribution is 2.24. The minimum absolute atomic E-state index is 0.230. The molecule has 100 valence electrons. The van der Waals surface area contributed by atoms with Crippen molar-refractivity contribution >= 4 is 17.6 Å². The molecule has 1 aromatic carbocycles. The summed E-state index contributed by atoms with van der Waals surface area (Å²) < 4.78 is 0. The van der Waals surface area contributed by atoms with E-state index >= 15 is 0 Å². The van der Waals surface area contributed by atoms with Crippen molar-refractivity contribution in [2.24, 2.45) is 0 Å². The Kier molecular flexibility index (Phi) is 2.86. The van der Waals surface area contributed by atoms with Gasteiger partial charge in [-0.1, -0.05) is 18.2 Å². The fraction of sp³-hybridized carbons (Fsp3) is 0.188. The summed E-state index contributed by atoms with van der Waals surface area (Å²) >= 11 is 0. The number of fused-ring (bicyclic) bond motifs is 1. The van der Waals surface area contributed by atoms with E-state index in [1.165, 1.54) is 4.90 Å². The number of anilines is 1. The number of pyridine rings is 1. The van der Waals surface area contributed by atoms with Crippen LogP contribution in [-0.2, 0) is 11.2 Å². The van der Waals surface area contributed by atoms with Crippen LogP contribution in [0.1, 0.15) is 27.2 Å². The highest BCUT2D eigenvalue weighted by atomic mass is 16.2. The molecule has 0 aliphatic carbocycles. The number of benzene rings is 1. The standard InChI is InChI=1S/C16H14N2O2/c1-10-7-11(2)17-14(8-10)18-15(19)9-12-5-3-4-6-13(12)16(18)20/h3-8H,9H2,1-2H3. The Bertz CT molecular complexity index is 702. The monoisotopic (exact) mass is 266 g/mol. The normalized spacial score (nSPS) is 14.4. The number of imide groups is 1. The zero-order valence-electron chi connectivity index (χ0n) is 11.4. The number of hydrogen-bond donors (Lipinski definition) is 0. The number of nitrogens with zero attached hydrogens (tertiary/aromatic N) is 2. The third kappa shape index (κ3) is 1.99. The SMILES string of the molecule is Cc1cc(C)nc(N2C(=O)Cc3ccccc3C2=O)c1. The molecule has 1 aromatic heterocycles. The molecule has 0 atom stereocenters. The maximum absolute atomic E-state index is 12.5. The van der Waals surface area contributed by atoms with Gasteiger partial charge in [-0.15, -0.1) is 0 Å². The smallest absolute Gasteiger partial charge is 0.266 e. The molecule has 0 N–H and O–H groups in total.